The van der Waals surface area contributed by atoms with E-state index < -0.39 is 0 Å². The van der Waals surface area contributed by atoms with Crippen LogP contribution in [-0.2, 0) is 13.1 Å². The lowest BCUT2D eigenvalue weighted by Gasteiger charge is -2.07. The number of hydrogen-bond donors (Lipinski definition) is 2. The Hall–Kier alpha value is -2.46. The topological polar surface area (TPSA) is 72.2 Å². The first-order chi connectivity index (χ1) is 10.1. The second-order valence-corrected chi connectivity index (χ2v) is 4.84. The Labute approximate surface area is 124 Å². The van der Waals surface area contributed by atoms with Gasteiger partial charge in [0, 0.05) is 24.2 Å². The highest BCUT2D eigenvalue weighted by Crippen LogP contribution is 2.07. The van der Waals surface area contributed by atoms with Gasteiger partial charge in [-0.2, -0.15) is 0 Å². The number of benzene rings is 2. The molecule has 0 heterocycles. The number of carbonyl (C=O) groups excluding carboxylic acids is 2. The minimum absolute atomic E-state index is 0.0134. The van der Waals surface area contributed by atoms with Gasteiger partial charge in [0.15, 0.2) is 5.78 Å². The van der Waals surface area contributed by atoms with Crippen molar-refractivity contribution in [2.24, 2.45) is 5.73 Å². The van der Waals surface area contributed by atoms with Gasteiger partial charge in [-0.05, 0) is 30.2 Å². The van der Waals surface area contributed by atoms with Gasteiger partial charge in [0.1, 0.15) is 0 Å². The fourth-order valence-electron chi connectivity index (χ4n) is 2.01. The Morgan fingerprint density at radius 3 is 2.24 bits per heavy atom. The Morgan fingerprint density at radius 2 is 1.62 bits per heavy atom. The van der Waals surface area contributed by atoms with E-state index in [4.69, 9.17) is 5.73 Å². The summed E-state index contributed by atoms with van der Waals surface area (Å²) in [4.78, 5) is 23.2. The van der Waals surface area contributed by atoms with Crippen LogP contribution in [0.2, 0.25) is 0 Å². The van der Waals surface area contributed by atoms with Crippen molar-refractivity contribution >= 4 is 11.7 Å². The van der Waals surface area contributed by atoms with Crippen molar-refractivity contribution in [3.05, 3.63) is 70.8 Å². The maximum Gasteiger partial charge on any atom is 0.251 e. The molecule has 0 atom stereocenters. The van der Waals surface area contributed by atoms with Gasteiger partial charge in [-0.3, -0.25) is 9.59 Å². The molecule has 0 aliphatic rings. The summed E-state index contributed by atoms with van der Waals surface area (Å²) in [5.41, 5.74) is 8.77. The minimum Gasteiger partial charge on any atom is -0.348 e. The quantitative estimate of drug-likeness (QED) is 0.826. The van der Waals surface area contributed by atoms with Crippen molar-refractivity contribution in [3.8, 4) is 0 Å². The Balaban J connectivity index is 1.99. The van der Waals surface area contributed by atoms with Crippen LogP contribution in [0.5, 0.6) is 0 Å². The fraction of sp³-hybridized carbons (Fsp3) is 0.176. The average Bonchev–Trinajstić information content (AvgIpc) is 2.53. The smallest absolute Gasteiger partial charge is 0.251 e. The van der Waals surface area contributed by atoms with Gasteiger partial charge in [-0.15, -0.1) is 0 Å². The summed E-state index contributed by atoms with van der Waals surface area (Å²) in [5.74, 6) is -0.177. The summed E-state index contributed by atoms with van der Waals surface area (Å²) >= 11 is 0. The van der Waals surface area contributed by atoms with E-state index in [-0.39, 0.29) is 11.7 Å². The van der Waals surface area contributed by atoms with Gasteiger partial charge in [0.25, 0.3) is 5.91 Å². The molecule has 4 nitrogen and oxygen atoms in total. The van der Waals surface area contributed by atoms with E-state index in [1.165, 1.54) is 6.92 Å². The van der Waals surface area contributed by atoms with Crippen LogP contribution >= 0.6 is 0 Å². The highest BCUT2D eigenvalue weighted by atomic mass is 16.1. The molecule has 0 aliphatic heterocycles. The normalized spacial score (nSPS) is 10.2. The van der Waals surface area contributed by atoms with E-state index in [2.05, 4.69) is 5.32 Å². The van der Waals surface area contributed by atoms with Crippen LogP contribution in [0.4, 0.5) is 0 Å². The standard InChI is InChI=1S/C17H18N2O2/c1-12(20)15-5-7-16(8-6-15)17(21)19-11-14-4-2-3-13(9-14)10-18/h2-9H,10-11,18H2,1H3,(H,19,21). The van der Waals surface area contributed by atoms with E-state index in [9.17, 15) is 9.59 Å². The third-order valence-electron chi connectivity index (χ3n) is 3.23. The van der Waals surface area contributed by atoms with Crippen LogP contribution in [0.15, 0.2) is 48.5 Å². The first-order valence-electron chi connectivity index (χ1n) is 6.77. The molecule has 2 aromatic rings. The van der Waals surface area contributed by atoms with Crippen molar-refractivity contribution in [2.45, 2.75) is 20.0 Å². The predicted octanol–water partition coefficient (Wildman–Crippen LogP) is 2.28. The van der Waals surface area contributed by atoms with Crippen molar-refractivity contribution < 1.29 is 9.59 Å². The van der Waals surface area contributed by atoms with E-state index in [0.29, 0.717) is 24.2 Å². The first kappa shape index (κ1) is 14.9. The maximum atomic E-state index is 12.0. The highest BCUT2D eigenvalue weighted by Gasteiger charge is 2.06. The van der Waals surface area contributed by atoms with Crippen LogP contribution in [0.25, 0.3) is 0 Å². The molecule has 2 rings (SSSR count). The third kappa shape index (κ3) is 4.00. The molecule has 0 spiro atoms. The van der Waals surface area contributed by atoms with E-state index in [0.717, 1.165) is 11.1 Å². The lowest BCUT2D eigenvalue weighted by molar-refractivity contribution is 0.0948. The Kier molecular flexibility index (Phi) is 4.85. The molecule has 0 aliphatic carbocycles. The van der Waals surface area contributed by atoms with Crippen molar-refractivity contribution in [3.63, 3.8) is 0 Å². The highest BCUT2D eigenvalue weighted by molar-refractivity contribution is 5.97. The molecular formula is C17H18N2O2. The summed E-state index contributed by atoms with van der Waals surface area (Å²) in [6.45, 7) is 2.43. The van der Waals surface area contributed by atoms with Crippen molar-refractivity contribution in [1.82, 2.24) is 5.32 Å². The molecule has 0 radical (unpaired) electrons. The van der Waals surface area contributed by atoms with Crippen LogP contribution < -0.4 is 11.1 Å². The fourth-order valence-corrected chi connectivity index (χ4v) is 2.01. The molecule has 2 aromatic carbocycles. The summed E-state index contributed by atoms with van der Waals surface area (Å²) < 4.78 is 0. The SMILES string of the molecule is CC(=O)c1ccc(C(=O)NCc2cccc(CN)c2)cc1. The lowest BCUT2D eigenvalue weighted by atomic mass is 10.1. The van der Waals surface area contributed by atoms with Gasteiger partial charge in [-0.1, -0.05) is 36.4 Å². The molecule has 21 heavy (non-hydrogen) atoms. The zero-order valence-corrected chi connectivity index (χ0v) is 11.9. The van der Waals surface area contributed by atoms with Crippen molar-refractivity contribution in [2.75, 3.05) is 0 Å². The predicted molar refractivity (Wildman–Crippen MR) is 82.0 cm³/mol. The number of rotatable bonds is 5. The van der Waals surface area contributed by atoms with Crippen LogP contribution in [0.3, 0.4) is 0 Å². The molecule has 1 amide bonds. The number of nitrogens with one attached hydrogen (secondary N) is 1. The number of hydrogen-bond acceptors (Lipinski definition) is 3. The molecule has 0 aromatic heterocycles. The van der Waals surface area contributed by atoms with Gasteiger partial charge < -0.3 is 11.1 Å². The van der Waals surface area contributed by atoms with Crippen LogP contribution in [0, 0.1) is 0 Å². The number of amides is 1. The second kappa shape index (κ2) is 6.81. The summed E-state index contributed by atoms with van der Waals surface area (Å²) in [5, 5.41) is 2.85. The van der Waals surface area contributed by atoms with Crippen LogP contribution in [-0.4, -0.2) is 11.7 Å². The first-order valence-corrected chi connectivity index (χ1v) is 6.77. The molecule has 3 N–H and O–H groups in total. The zero-order chi connectivity index (χ0) is 15.2. The molecule has 0 bridgehead atoms. The summed E-state index contributed by atoms with van der Waals surface area (Å²) in [7, 11) is 0. The lowest BCUT2D eigenvalue weighted by Crippen LogP contribution is -2.22. The van der Waals surface area contributed by atoms with E-state index in [1.807, 2.05) is 24.3 Å². The molecule has 108 valence electrons. The average molecular weight is 282 g/mol. The number of Topliss-reactive ketones (excluding diaryl/α,β-unsaturated/α-hetero) is 1. The number of carbonyl (C=O) groups is 2. The molecule has 0 fully saturated rings. The molecule has 0 saturated carbocycles. The number of nitrogens with two attached hydrogens (primary N) is 1. The van der Waals surface area contributed by atoms with E-state index >= 15 is 0 Å². The van der Waals surface area contributed by atoms with Crippen LogP contribution in [0.1, 0.15) is 38.8 Å². The maximum absolute atomic E-state index is 12.0. The monoisotopic (exact) mass is 282 g/mol. The zero-order valence-electron chi connectivity index (χ0n) is 11.9. The number of ketones is 1. The molecular weight excluding hydrogens is 264 g/mol. The largest absolute Gasteiger partial charge is 0.348 e. The second-order valence-electron chi connectivity index (χ2n) is 4.84. The molecule has 0 saturated heterocycles. The summed E-state index contributed by atoms with van der Waals surface area (Å²) in [6.07, 6.45) is 0. The minimum atomic E-state index is -0.164. The van der Waals surface area contributed by atoms with Gasteiger partial charge in [0.05, 0.1) is 0 Å². The molecule has 0 unspecified atom stereocenters. The van der Waals surface area contributed by atoms with Gasteiger partial charge >= 0.3 is 0 Å². The Morgan fingerprint density at radius 1 is 1.00 bits per heavy atom. The van der Waals surface area contributed by atoms with Gasteiger partial charge in [0.2, 0.25) is 0 Å². The van der Waals surface area contributed by atoms with Crippen molar-refractivity contribution in [1.29, 1.82) is 0 Å². The van der Waals surface area contributed by atoms with Gasteiger partial charge in [-0.25, -0.2) is 0 Å². The van der Waals surface area contributed by atoms with E-state index in [1.54, 1.807) is 24.3 Å². The Bertz CT molecular complexity index is 648. The molecule has 4 heteroatoms. The summed E-state index contributed by atoms with van der Waals surface area (Å²) in [6, 6.07) is 14.4. The third-order valence-corrected chi connectivity index (χ3v) is 3.23.